The van der Waals surface area contributed by atoms with Crippen molar-refractivity contribution in [2.75, 3.05) is 0 Å². The first-order valence-electron chi connectivity index (χ1n) is 20.5. The van der Waals surface area contributed by atoms with Crippen molar-refractivity contribution >= 4 is 11.8 Å². The Morgan fingerprint density at radius 2 is 0.789 bits per heavy atom. The number of ether oxygens (including phenoxy) is 2. The Balaban J connectivity index is 1.19. The highest BCUT2D eigenvalue weighted by molar-refractivity contribution is 6.01. The SMILES string of the molecule is Cc1cc(C2=N[C@@H](c3ccccc3)[C@H](c3ccccc3)O2)c2c(c1)C(C)(C)CC21CC(C)(C)c2cc(C)cc(C3=N[C@@H](c4ccccc4)[C@H](c4ccccc4)O3)c21. The zero-order valence-corrected chi connectivity index (χ0v) is 33.8. The fourth-order valence-electron chi connectivity index (χ4n) is 10.9. The van der Waals surface area contributed by atoms with Crippen LogP contribution in [0.4, 0.5) is 0 Å². The monoisotopic (exact) mass is 746 g/mol. The first kappa shape index (κ1) is 35.7. The molecule has 1 spiro atoms. The molecule has 6 aromatic carbocycles. The first-order chi connectivity index (χ1) is 27.5. The highest BCUT2D eigenvalue weighted by atomic mass is 16.5. The van der Waals surface area contributed by atoms with Gasteiger partial charge in [0.25, 0.3) is 0 Å². The van der Waals surface area contributed by atoms with Crippen molar-refractivity contribution in [3.05, 3.63) is 212 Å². The van der Waals surface area contributed by atoms with Crippen molar-refractivity contribution in [3.63, 3.8) is 0 Å². The average molecular weight is 747 g/mol. The van der Waals surface area contributed by atoms with Gasteiger partial charge in [0.15, 0.2) is 12.2 Å². The van der Waals surface area contributed by atoms with E-state index in [0.29, 0.717) is 0 Å². The highest BCUT2D eigenvalue weighted by Crippen LogP contribution is 2.65. The Morgan fingerprint density at radius 1 is 0.456 bits per heavy atom. The van der Waals surface area contributed by atoms with Crippen LogP contribution < -0.4 is 0 Å². The molecule has 0 radical (unpaired) electrons. The number of benzene rings is 6. The fourth-order valence-corrected chi connectivity index (χ4v) is 10.9. The largest absolute Gasteiger partial charge is 0.467 e. The summed E-state index contributed by atoms with van der Waals surface area (Å²) in [6.45, 7) is 14.2. The molecule has 10 rings (SSSR count). The minimum atomic E-state index is -0.332. The summed E-state index contributed by atoms with van der Waals surface area (Å²) in [6, 6.07) is 51.7. The van der Waals surface area contributed by atoms with Crippen molar-refractivity contribution in [3.8, 4) is 0 Å². The van der Waals surface area contributed by atoms with Gasteiger partial charge >= 0.3 is 0 Å². The molecule has 0 saturated carbocycles. The molecule has 0 saturated heterocycles. The molecule has 4 atom stereocenters. The van der Waals surface area contributed by atoms with Gasteiger partial charge in [0.05, 0.1) is 0 Å². The van der Waals surface area contributed by atoms with E-state index in [4.69, 9.17) is 19.5 Å². The summed E-state index contributed by atoms with van der Waals surface area (Å²) in [7, 11) is 0. The molecule has 284 valence electrons. The van der Waals surface area contributed by atoms with E-state index in [9.17, 15) is 0 Å². The second kappa shape index (κ2) is 13.2. The molecule has 4 heteroatoms. The topological polar surface area (TPSA) is 43.2 Å². The van der Waals surface area contributed by atoms with Crippen LogP contribution in [0.2, 0.25) is 0 Å². The lowest BCUT2D eigenvalue weighted by atomic mass is 9.70. The van der Waals surface area contributed by atoms with Gasteiger partial charge in [0, 0.05) is 16.5 Å². The summed E-state index contributed by atoms with van der Waals surface area (Å²) < 4.78 is 14.3. The van der Waals surface area contributed by atoms with Gasteiger partial charge in [-0.2, -0.15) is 0 Å². The van der Waals surface area contributed by atoms with Gasteiger partial charge in [-0.1, -0.05) is 172 Å². The Hall–Kier alpha value is -5.74. The number of hydrogen-bond donors (Lipinski definition) is 0. The summed E-state index contributed by atoms with van der Waals surface area (Å²) in [5.74, 6) is 1.47. The van der Waals surface area contributed by atoms with Crippen LogP contribution in [0.5, 0.6) is 0 Å². The summed E-state index contributed by atoms with van der Waals surface area (Å²) in [4.78, 5) is 11.1. The van der Waals surface area contributed by atoms with Gasteiger partial charge in [-0.25, -0.2) is 9.98 Å². The van der Waals surface area contributed by atoms with E-state index < -0.39 is 0 Å². The zero-order valence-electron chi connectivity index (χ0n) is 33.8. The molecule has 0 bridgehead atoms. The second-order valence-corrected chi connectivity index (χ2v) is 18.2. The predicted octanol–water partition coefficient (Wildman–Crippen LogP) is 12.5. The minimum Gasteiger partial charge on any atom is -0.467 e. The normalized spacial score (nSPS) is 23.3. The maximum Gasteiger partial charge on any atom is 0.217 e. The van der Waals surface area contributed by atoms with E-state index in [1.54, 1.807) is 0 Å². The molecule has 2 heterocycles. The Bertz CT molecular complexity index is 2370. The number of nitrogens with zero attached hydrogens (tertiary/aromatic N) is 2. The van der Waals surface area contributed by atoms with Gasteiger partial charge in [0.1, 0.15) is 12.1 Å². The third-order valence-electron chi connectivity index (χ3n) is 13.0. The van der Waals surface area contributed by atoms with Crippen LogP contribution in [0.25, 0.3) is 0 Å². The van der Waals surface area contributed by atoms with Crippen molar-refractivity contribution in [1.29, 1.82) is 0 Å². The molecule has 4 nitrogen and oxygen atoms in total. The Kier molecular flexibility index (Phi) is 8.23. The molecule has 0 amide bonds. The van der Waals surface area contributed by atoms with Crippen LogP contribution in [-0.2, 0) is 25.7 Å². The number of hydrogen-bond acceptors (Lipinski definition) is 4. The van der Waals surface area contributed by atoms with Crippen LogP contribution >= 0.6 is 0 Å². The van der Waals surface area contributed by atoms with E-state index in [1.165, 1.54) is 33.4 Å². The lowest BCUT2D eigenvalue weighted by Crippen LogP contribution is -2.30. The smallest absolute Gasteiger partial charge is 0.217 e. The van der Waals surface area contributed by atoms with Gasteiger partial charge in [-0.3, -0.25) is 0 Å². The second-order valence-electron chi connectivity index (χ2n) is 18.2. The first-order valence-corrected chi connectivity index (χ1v) is 20.5. The van der Waals surface area contributed by atoms with E-state index in [-0.39, 0.29) is 40.5 Å². The molecule has 6 aromatic rings. The molecule has 0 fully saturated rings. The summed E-state index contributed by atoms with van der Waals surface area (Å²) in [5.41, 5.74) is 14.2. The molecule has 57 heavy (non-hydrogen) atoms. The lowest BCUT2D eigenvalue weighted by Gasteiger charge is -2.33. The maximum atomic E-state index is 7.17. The summed E-state index contributed by atoms with van der Waals surface area (Å²) in [6.07, 6.45) is 1.46. The molecule has 0 N–H and O–H groups in total. The van der Waals surface area contributed by atoms with Gasteiger partial charge in [0.2, 0.25) is 11.8 Å². The van der Waals surface area contributed by atoms with E-state index in [2.05, 4.69) is 187 Å². The fraction of sp³-hybridized carbons (Fsp3) is 0.283. The number of rotatable bonds is 6. The molecular formula is C53H50N2O2. The number of aliphatic imine (C=N–C) groups is 2. The van der Waals surface area contributed by atoms with Gasteiger partial charge in [-0.15, -0.1) is 0 Å². The van der Waals surface area contributed by atoms with Crippen LogP contribution in [0.3, 0.4) is 0 Å². The molecule has 0 aromatic heterocycles. The van der Waals surface area contributed by atoms with Crippen molar-refractivity contribution in [2.45, 2.75) is 94.9 Å². The summed E-state index contributed by atoms with van der Waals surface area (Å²) >= 11 is 0. The van der Waals surface area contributed by atoms with Gasteiger partial charge < -0.3 is 9.47 Å². The van der Waals surface area contributed by atoms with Crippen LogP contribution in [0.15, 0.2) is 156 Å². The zero-order chi connectivity index (χ0) is 39.1. The number of fused-ring (bicyclic) bond motifs is 4. The average Bonchev–Trinajstić information content (AvgIpc) is 3.96. The third-order valence-corrected chi connectivity index (χ3v) is 13.0. The van der Waals surface area contributed by atoms with Crippen LogP contribution in [0, 0.1) is 13.8 Å². The molecule has 4 aliphatic rings. The maximum absolute atomic E-state index is 7.17. The third kappa shape index (κ3) is 5.78. The molecule has 0 unspecified atom stereocenters. The van der Waals surface area contributed by atoms with E-state index in [0.717, 1.165) is 58.0 Å². The van der Waals surface area contributed by atoms with E-state index >= 15 is 0 Å². The van der Waals surface area contributed by atoms with Crippen molar-refractivity contribution in [2.24, 2.45) is 9.98 Å². The molecule has 2 aliphatic carbocycles. The molecular weight excluding hydrogens is 697 g/mol. The standard InChI is InChI=1S/C53H50N2O2/c1-33-27-39(49-54-45(35-19-11-7-12-20-35)47(56-49)37-23-15-9-16-24-37)43-41(29-33)51(3,4)31-53(43)32-52(5,6)42-30-34(2)28-40(44(42)53)50-55-46(36-21-13-8-14-22-36)48(57-50)38-25-17-10-18-26-38/h7-30,45-48H,31-32H2,1-6H3/t45-,46-,47-,48-,53?/m0/s1. The van der Waals surface area contributed by atoms with Crippen molar-refractivity contribution < 1.29 is 9.47 Å². The van der Waals surface area contributed by atoms with E-state index in [1.807, 2.05) is 0 Å². The van der Waals surface area contributed by atoms with Crippen LogP contribution in [0.1, 0.15) is 132 Å². The van der Waals surface area contributed by atoms with Crippen LogP contribution in [-0.4, -0.2) is 11.8 Å². The Morgan fingerprint density at radius 3 is 1.14 bits per heavy atom. The predicted molar refractivity (Wildman–Crippen MR) is 230 cm³/mol. The van der Waals surface area contributed by atoms with Gasteiger partial charge in [-0.05, 0) is 94.2 Å². The number of aryl methyl sites for hydroxylation is 2. The Labute approximate surface area is 337 Å². The molecule has 2 aliphatic heterocycles. The minimum absolute atomic E-state index is 0.107. The lowest BCUT2D eigenvalue weighted by molar-refractivity contribution is 0.196. The quantitative estimate of drug-likeness (QED) is 0.170. The summed E-state index contributed by atoms with van der Waals surface area (Å²) in [5, 5.41) is 0. The highest BCUT2D eigenvalue weighted by Gasteiger charge is 2.59. The van der Waals surface area contributed by atoms with Crippen molar-refractivity contribution in [1.82, 2.24) is 0 Å².